The number of halogens is 1. The SMILES string of the molecule is COc1cccc(C=CS(C)=O)c1OCc1cc(Br)c2occc2c1. The van der Waals surface area contributed by atoms with Crippen molar-refractivity contribution in [3.63, 3.8) is 0 Å². The Morgan fingerprint density at radius 1 is 1.28 bits per heavy atom. The van der Waals surface area contributed by atoms with E-state index in [4.69, 9.17) is 13.9 Å². The van der Waals surface area contributed by atoms with E-state index in [1.807, 2.05) is 36.4 Å². The Morgan fingerprint density at radius 2 is 2.12 bits per heavy atom. The lowest BCUT2D eigenvalue weighted by molar-refractivity contribution is 0.284. The van der Waals surface area contributed by atoms with Crippen molar-refractivity contribution in [1.29, 1.82) is 0 Å². The molecule has 130 valence electrons. The molecular formula is C19H17BrO4S. The summed E-state index contributed by atoms with van der Waals surface area (Å²) in [5, 5.41) is 2.63. The van der Waals surface area contributed by atoms with E-state index >= 15 is 0 Å². The zero-order chi connectivity index (χ0) is 17.8. The summed E-state index contributed by atoms with van der Waals surface area (Å²) in [5.41, 5.74) is 2.63. The molecule has 0 spiro atoms. The molecule has 0 aliphatic carbocycles. The van der Waals surface area contributed by atoms with Crippen molar-refractivity contribution in [3.8, 4) is 11.5 Å². The maximum absolute atomic E-state index is 11.3. The van der Waals surface area contributed by atoms with Gasteiger partial charge in [0.25, 0.3) is 0 Å². The molecule has 1 atom stereocenters. The van der Waals surface area contributed by atoms with Crippen molar-refractivity contribution in [2.45, 2.75) is 6.61 Å². The van der Waals surface area contributed by atoms with Crippen molar-refractivity contribution in [2.75, 3.05) is 13.4 Å². The first kappa shape index (κ1) is 17.8. The number of rotatable bonds is 6. The normalized spacial score (nSPS) is 12.6. The first-order valence-electron chi connectivity index (χ1n) is 7.54. The predicted octanol–water partition coefficient (Wildman–Crippen LogP) is 5.13. The molecule has 6 heteroatoms. The molecule has 1 heterocycles. The van der Waals surface area contributed by atoms with E-state index < -0.39 is 10.8 Å². The van der Waals surface area contributed by atoms with Gasteiger partial charge in [-0.15, -0.1) is 0 Å². The molecular weight excluding hydrogens is 404 g/mol. The summed E-state index contributed by atoms with van der Waals surface area (Å²) in [6, 6.07) is 11.5. The Balaban J connectivity index is 1.89. The predicted molar refractivity (Wildman–Crippen MR) is 104 cm³/mol. The highest BCUT2D eigenvalue weighted by atomic mass is 79.9. The monoisotopic (exact) mass is 420 g/mol. The standard InChI is InChI=1S/C19H17BrO4S/c1-22-17-5-3-4-14(7-9-25(2)21)19(17)24-12-13-10-15-6-8-23-18(15)16(20)11-13/h3-11H,12H2,1-2H3. The van der Waals surface area contributed by atoms with E-state index in [0.717, 1.165) is 26.6 Å². The highest BCUT2D eigenvalue weighted by molar-refractivity contribution is 9.10. The van der Waals surface area contributed by atoms with Crippen molar-refractivity contribution in [1.82, 2.24) is 0 Å². The topological polar surface area (TPSA) is 48.7 Å². The van der Waals surface area contributed by atoms with Crippen LogP contribution >= 0.6 is 15.9 Å². The van der Waals surface area contributed by atoms with Crippen LogP contribution in [0, 0.1) is 0 Å². The Kier molecular flexibility index (Phi) is 5.60. The molecule has 0 N–H and O–H groups in total. The summed E-state index contributed by atoms with van der Waals surface area (Å²) in [5.74, 6) is 1.25. The molecule has 0 radical (unpaired) electrons. The molecule has 2 aromatic carbocycles. The van der Waals surface area contributed by atoms with Gasteiger partial charge in [-0.1, -0.05) is 12.1 Å². The molecule has 0 saturated heterocycles. The van der Waals surface area contributed by atoms with Gasteiger partial charge in [-0.2, -0.15) is 0 Å². The summed E-state index contributed by atoms with van der Waals surface area (Å²) in [6.07, 6.45) is 5.06. The van der Waals surface area contributed by atoms with Gasteiger partial charge in [0.15, 0.2) is 11.5 Å². The third-order valence-corrected chi connectivity index (χ3v) is 4.73. The number of benzene rings is 2. The van der Waals surface area contributed by atoms with Gasteiger partial charge in [0.2, 0.25) is 0 Å². The van der Waals surface area contributed by atoms with Crippen LogP contribution in [0.4, 0.5) is 0 Å². The molecule has 0 fully saturated rings. The molecule has 25 heavy (non-hydrogen) atoms. The van der Waals surface area contributed by atoms with E-state index in [0.29, 0.717) is 18.1 Å². The van der Waals surface area contributed by atoms with Crippen LogP contribution in [0.25, 0.3) is 17.0 Å². The fourth-order valence-corrected chi connectivity index (χ4v) is 3.44. The number of hydrogen-bond donors (Lipinski definition) is 0. The fraction of sp³-hybridized carbons (Fsp3) is 0.158. The molecule has 0 aliphatic heterocycles. The Bertz CT molecular complexity index is 946. The highest BCUT2D eigenvalue weighted by Gasteiger charge is 2.11. The Morgan fingerprint density at radius 3 is 2.88 bits per heavy atom. The van der Waals surface area contributed by atoms with Crippen LogP contribution in [-0.2, 0) is 17.4 Å². The minimum Gasteiger partial charge on any atom is -0.493 e. The maximum atomic E-state index is 11.3. The van der Waals surface area contributed by atoms with Gasteiger partial charge in [0, 0.05) is 33.4 Å². The number of fused-ring (bicyclic) bond motifs is 1. The molecule has 0 amide bonds. The van der Waals surface area contributed by atoms with Crippen LogP contribution in [0.2, 0.25) is 0 Å². The molecule has 4 nitrogen and oxygen atoms in total. The second kappa shape index (κ2) is 7.89. The lowest BCUT2D eigenvalue weighted by Gasteiger charge is -2.13. The minimum absolute atomic E-state index is 0.371. The van der Waals surface area contributed by atoms with Gasteiger partial charge in [0.1, 0.15) is 12.2 Å². The molecule has 0 saturated carbocycles. The van der Waals surface area contributed by atoms with Gasteiger partial charge in [-0.25, -0.2) is 0 Å². The summed E-state index contributed by atoms with van der Waals surface area (Å²) in [4.78, 5) is 0. The Hall–Kier alpha value is -2.05. The fourth-order valence-electron chi connectivity index (χ4n) is 2.48. The van der Waals surface area contributed by atoms with Gasteiger partial charge in [0.05, 0.1) is 17.8 Å². The second-order valence-electron chi connectivity index (χ2n) is 5.39. The van der Waals surface area contributed by atoms with Gasteiger partial charge in [-0.05, 0) is 51.8 Å². The molecule has 0 bridgehead atoms. The quantitative estimate of drug-likeness (QED) is 0.554. The third-order valence-electron chi connectivity index (χ3n) is 3.62. The van der Waals surface area contributed by atoms with E-state index in [2.05, 4.69) is 15.9 Å². The van der Waals surface area contributed by atoms with Gasteiger partial charge in [-0.3, -0.25) is 4.21 Å². The first-order valence-corrected chi connectivity index (χ1v) is 9.96. The number of hydrogen-bond acceptors (Lipinski definition) is 4. The first-order chi connectivity index (χ1) is 12.1. The number of furan rings is 1. The summed E-state index contributed by atoms with van der Waals surface area (Å²) in [6.45, 7) is 0.371. The Labute approximate surface area is 157 Å². The van der Waals surface area contributed by atoms with Crippen molar-refractivity contribution in [2.24, 2.45) is 0 Å². The number of para-hydroxylation sites is 1. The van der Waals surface area contributed by atoms with E-state index in [9.17, 15) is 4.21 Å². The average molecular weight is 421 g/mol. The molecule has 3 aromatic rings. The van der Waals surface area contributed by atoms with Crippen molar-refractivity contribution >= 4 is 43.8 Å². The lowest BCUT2D eigenvalue weighted by atomic mass is 10.1. The van der Waals surface area contributed by atoms with Crippen LogP contribution in [-0.4, -0.2) is 17.6 Å². The van der Waals surface area contributed by atoms with E-state index in [1.54, 1.807) is 31.1 Å². The van der Waals surface area contributed by atoms with Crippen molar-refractivity contribution < 1.29 is 18.1 Å². The molecule has 3 rings (SSSR count). The van der Waals surface area contributed by atoms with Gasteiger partial charge >= 0.3 is 0 Å². The molecule has 1 unspecified atom stereocenters. The highest BCUT2D eigenvalue weighted by Crippen LogP contribution is 2.33. The van der Waals surface area contributed by atoms with Crippen LogP contribution in [0.3, 0.4) is 0 Å². The minimum atomic E-state index is -1.03. The van der Waals surface area contributed by atoms with Crippen LogP contribution in [0.1, 0.15) is 11.1 Å². The van der Waals surface area contributed by atoms with E-state index in [-0.39, 0.29) is 0 Å². The van der Waals surface area contributed by atoms with Crippen LogP contribution in [0.5, 0.6) is 11.5 Å². The number of ether oxygens (including phenoxy) is 2. The zero-order valence-corrected chi connectivity index (χ0v) is 16.2. The summed E-state index contributed by atoms with van der Waals surface area (Å²) < 4.78 is 29.1. The molecule has 0 aliphatic rings. The zero-order valence-electron chi connectivity index (χ0n) is 13.8. The maximum Gasteiger partial charge on any atom is 0.168 e. The lowest BCUT2D eigenvalue weighted by Crippen LogP contribution is -1.99. The van der Waals surface area contributed by atoms with Crippen LogP contribution < -0.4 is 9.47 Å². The van der Waals surface area contributed by atoms with Gasteiger partial charge < -0.3 is 13.9 Å². The summed E-state index contributed by atoms with van der Waals surface area (Å²) in [7, 11) is 0.568. The largest absolute Gasteiger partial charge is 0.493 e. The average Bonchev–Trinajstić information content (AvgIpc) is 3.07. The molecule has 1 aromatic heterocycles. The number of methoxy groups -OCH3 is 1. The van der Waals surface area contributed by atoms with Crippen LogP contribution in [0.15, 0.2) is 57.0 Å². The van der Waals surface area contributed by atoms with Crippen molar-refractivity contribution in [3.05, 3.63) is 63.7 Å². The smallest absolute Gasteiger partial charge is 0.168 e. The van der Waals surface area contributed by atoms with E-state index in [1.165, 1.54) is 0 Å². The third kappa shape index (κ3) is 4.14. The second-order valence-corrected chi connectivity index (χ2v) is 7.51. The summed E-state index contributed by atoms with van der Waals surface area (Å²) >= 11 is 3.52.